The van der Waals surface area contributed by atoms with Crippen molar-refractivity contribution in [3.05, 3.63) is 28.5 Å². The zero-order valence-electron chi connectivity index (χ0n) is 7.26. The molecule has 1 unspecified atom stereocenters. The molecule has 68 valence electrons. The number of nitrogens with one attached hydrogen (secondary N) is 1. The van der Waals surface area contributed by atoms with E-state index in [9.17, 15) is 0 Å². The van der Waals surface area contributed by atoms with Gasteiger partial charge in [-0.3, -0.25) is 0 Å². The molecule has 2 nitrogen and oxygen atoms in total. The van der Waals surface area contributed by atoms with Crippen molar-refractivity contribution in [2.75, 3.05) is 6.54 Å². The number of pyridine rings is 1. The summed E-state index contributed by atoms with van der Waals surface area (Å²) < 4.78 is 0. The fraction of sp³-hybridized carbons (Fsp3) is 0.500. The van der Waals surface area contributed by atoms with E-state index in [0.29, 0.717) is 17.1 Å². The van der Waals surface area contributed by atoms with Gasteiger partial charge in [-0.1, -0.05) is 17.7 Å². The van der Waals surface area contributed by atoms with Gasteiger partial charge in [-0.15, -0.1) is 0 Å². The molecule has 1 fully saturated rings. The Hall–Kier alpha value is -0.600. The van der Waals surface area contributed by atoms with Crippen molar-refractivity contribution in [1.29, 1.82) is 0 Å². The predicted molar refractivity (Wildman–Crippen MR) is 52.0 cm³/mol. The van der Waals surface area contributed by atoms with Crippen LogP contribution >= 0.6 is 11.6 Å². The summed E-state index contributed by atoms with van der Waals surface area (Å²) in [5.41, 5.74) is 2.61. The first-order chi connectivity index (χ1) is 6.34. The zero-order chi connectivity index (χ0) is 8.84. The maximum Gasteiger partial charge on any atom is 0.129 e. The number of hydrogen-bond donors (Lipinski definition) is 1. The Labute approximate surface area is 82.3 Å². The maximum absolute atomic E-state index is 5.88. The Balaban J connectivity index is 2.15. The number of nitrogens with zero attached hydrogens (tertiary/aromatic N) is 1. The Bertz CT molecular complexity index is 351. The molecule has 1 aliphatic heterocycles. The smallest absolute Gasteiger partial charge is 0.129 e. The minimum absolute atomic E-state index is 0.540. The fourth-order valence-electron chi connectivity index (χ4n) is 2.49. The van der Waals surface area contributed by atoms with E-state index in [1.54, 1.807) is 0 Å². The van der Waals surface area contributed by atoms with Crippen LogP contribution in [0.1, 0.15) is 36.1 Å². The minimum Gasteiger partial charge on any atom is -0.310 e. The van der Waals surface area contributed by atoms with E-state index >= 15 is 0 Å². The van der Waals surface area contributed by atoms with E-state index in [-0.39, 0.29) is 0 Å². The summed E-state index contributed by atoms with van der Waals surface area (Å²) in [5, 5.41) is 4.13. The summed E-state index contributed by atoms with van der Waals surface area (Å²) >= 11 is 5.88. The summed E-state index contributed by atoms with van der Waals surface area (Å²) in [6.45, 7) is 1.11. The molecule has 2 aliphatic rings. The van der Waals surface area contributed by atoms with Crippen molar-refractivity contribution in [3.63, 3.8) is 0 Å². The quantitative estimate of drug-likeness (QED) is 0.641. The lowest BCUT2D eigenvalue weighted by Gasteiger charge is -2.19. The number of piperidine rings is 1. The zero-order valence-corrected chi connectivity index (χ0v) is 8.01. The van der Waals surface area contributed by atoms with Crippen LogP contribution in [0.3, 0.4) is 0 Å². The summed E-state index contributed by atoms with van der Waals surface area (Å²) in [5.74, 6) is 0.653. The van der Waals surface area contributed by atoms with Crippen LogP contribution in [0.25, 0.3) is 0 Å². The lowest BCUT2D eigenvalue weighted by molar-refractivity contribution is 0.408. The molecule has 0 aromatic carbocycles. The van der Waals surface area contributed by atoms with Crippen molar-refractivity contribution >= 4 is 11.6 Å². The molecule has 1 aromatic heterocycles. The van der Waals surface area contributed by atoms with Crippen LogP contribution in [0.2, 0.25) is 5.15 Å². The Kier molecular flexibility index (Phi) is 1.61. The van der Waals surface area contributed by atoms with Crippen molar-refractivity contribution in [2.45, 2.75) is 24.8 Å². The summed E-state index contributed by atoms with van der Waals surface area (Å²) in [4.78, 5) is 4.42. The van der Waals surface area contributed by atoms with Crippen molar-refractivity contribution in [3.8, 4) is 0 Å². The molecular weight excluding hydrogens is 184 g/mol. The molecule has 1 N–H and O–H groups in total. The molecule has 1 aromatic rings. The van der Waals surface area contributed by atoms with Crippen LogP contribution < -0.4 is 5.32 Å². The number of halogens is 1. The molecule has 1 saturated heterocycles. The van der Waals surface area contributed by atoms with Crippen LogP contribution in [0.4, 0.5) is 0 Å². The lowest BCUT2D eigenvalue weighted by atomic mass is 9.99. The van der Waals surface area contributed by atoms with Gasteiger partial charge >= 0.3 is 0 Å². The third kappa shape index (κ3) is 1.09. The monoisotopic (exact) mass is 194 g/mol. The first-order valence-electron chi connectivity index (χ1n) is 4.74. The van der Waals surface area contributed by atoms with Gasteiger partial charge in [0, 0.05) is 12.0 Å². The largest absolute Gasteiger partial charge is 0.310 e. The molecule has 2 heterocycles. The highest BCUT2D eigenvalue weighted by Crippen LogP contribution is 2.43. The van der Waals surface area contributed by atoms with Gasteiger partial charge in [-0.05, 0) is 31.0 Å². The van der Waals surface area contributed by atoms with E-state index in [4.69, 9.17) is 11.6 Å². The van der Waals surface area contributed by atoms with Gasteiger partial charge < -0.3 is 5.32 Å². The second-order valence-corrected chi connectivity index (χ2v) is 4.22. The molecule has 3 rings (SSSR count). The van der Waals surface area contributed by atoms with E-state index in [0.717, 1.165) is 6.54 Å². The van der Waals surface area contributed by atoms with Gasteiger partial charge in [0.15, 0.2) is 0 Å². The van der Waals surface area contributed by atoms with E-state index in [1.807, 2.05) is 6.07 Å². The Morgan fingerprint density at radius 3 is 3.31 bits per heavy atom. The first kappa shape index (κ1) is 7.77. The molecule has 0 spiro atoms. The number of fused-ring (bicyclic) bond motifs is 5. The molecule has 1 aliphatic carbocycles. The normalized spacial score (nSPS) is 30.2. The topological polar surface area (TPSA) is 24.9 Å². The predicted octanol–water partition coefficient (Wildman–Crippen LogP) is 2.26. The molecule has 0 amide bonds. The third-order valence-corrected chi connectivity index (χ3v) is 3.30. The SMILES string of the molecule is Clc1ccc2c(n1)[C@@H]1CCNC2C1. The van der Waals surface area contributed by atoms with Gasteiger partial charge in [0.05, 0.1) is 5.69 Å². The van der Waals surface area contributed by atoms with Gasteiger partial charge in [-0.2, -0.15) is 0 Å². The van der Waals surface area contributed by atoms with Crippen LogP contribution in [-0.2, 0) is 0 Å². The molecule has 0 radical (unpaired) electrons. The van der Waals surface area contributed by atoms with Crippen LogP contribution in [0.15, 0.2) is 12.1 Å². The van der Waals surface area contributed by atoms with Crippen molar-refractivity contribution < 1.29 is 0 Å². The summed E-state index contributed by atoms with van der Waals surface area (Å²) in [6.07, 6.45) is 2.42. The van der Waals surface area contributed by atoms with Crippen molar-refractivity contribution in [2.24, 2.45) is 0 Å². The molecule has 3 heteroatoms. The molecule has 2 atom stereocenters. The summed E-state index contributed by atoms with van der Waals surface area (Å²) in [6, 6.07) is 4.55. The second-order valence-electron chi connectivity index (χ2n) is 3.84. The van der Waals surface area contributed by atoms with E-state index in [2.05, 4.69) is 16.4 Å². The molecule has 0 saturated carbocycles. The molecular formula is C10H11ClN2. The third-order valence-electron chi connectivity index (χ3n) is 3.09. The van der Waals surface area contributed by atoms with Gasteiger partial charge in [-0.25, -0.2) is 4.98 Å². The van der Waals surface area contributed by atoms with Gasteiger partial charge in [0.1, 0.15) is 5.15 Å². The van der Waals surface area contributed by atoms with E-state index < -0.39 is 0 Å². The Morgan fingerprint density at radius 2 is 2.38 bits per heavy atom. The first-order valence-corrected chi connectivity index (χ1v) is 5.12. The Morgan fingerprint density at radius 1 is 1.46 bits per heavy atom. The fourth-order valence-corrected chi connectivity index (χ4v) is 2.64. The number of hydrogen-bond acceptors (Lipinski definition) is 2. The van der Waals surface area contributed by atoms with Gasteiger partial charge in [0.25, 0.3) is 0 Å². The average molecular weight is 195 g/mol. The number of rotatable bonds is 0. The van der Waals surface area contributed by atoms with Crippen LogP contribution in [-0.4, -0.2) is 11.5 Å². The van der Waals surface area contributed by atoms with Crippen molar-refractivity contribution in [1.82, 2.24) is 10.3 Å². The highest BCUT2D eigenvalue weighted by atomic mass is 35.5. The van der Waals surface area contributed by atoms with Crippen LogP contribution in [0, 0.1) is 0 Å². The molecule has 2 bridgehead atoms. The maximum atomic E-state index is 5.88. The lowest BCUT2D eigenvalue weighted by Crippen LogP contribution is -2.24. The summed E-state index contributed by atoms with van der Waals surface area (Å²) in [7, 11) is 0. The second kappa shape index (κ2) is 2.69. The number of aromatic nitrogens is 1. The standard InChI is InChI=1S/C10H11ClN2/c11-9-2-1-7-8-5-6(3-4-12-8)10(7)13-9/h1-2,6,8,12H,3-5H2/t6-,8?/m1/s1. The average Bonchev–Trinajstić information content (AvgIpc) is 2.39. The highest BCUT2D eigenvalue weighted by molar-refractivity contribution is 6.29. The minimum atomic E-state index is 0.540. The van der Waals surface area contributed by atoms with Crippen LogP contribution in [0.5, 0.6) is 0 Å². The van der Waals surface area contributed by atoms with E-state index in [1.165, 1.54) is 24.1 Å². The molecule has 13 heavy (non-hydrogen) atoms. The van der Waals surface area contributed by atoms with Gasteiger partial charge in [0.2, 0.25) is 0 Å². The highest BCUT2D eigenvalue weighted by Gasteiger charge is 2.34.